The number of aliphatic carboxylic acids is 1. The van der Waals surface area contributed by atoms with Gasteiger partial charge in [-0.25, -0.2) is 9.78 Å². The van der Waals surface area contributed by atoms with Gasteiger partial charge in [-0.1, -0.05) is 25.1 Å². The fourth-order valence-corrected chi connectivity index (χ4v) is 3.69. The lowest BCUT2D eigenvalue weighted by atomic mass is 9.87. The molecule has 2 aromatic heterocycles. The van der Waals surface area contributed by atoms with Crippen LogP contribution >= 0.6 is 0 Å². The van der Waals surface area contributed by atoms with Crippen molar-refractivity contribution < 1.29 is 20.1 Å². The number of aliphatic hydroxyl groups is 2. The van der Waals surface area contributed by atoms with E-state index in [-0.39, 0.29) is 24.1 Å². The highest BCUT2D eigenvalue weighted by Gasteiger charge is 2.40. The van der Waals surface area contributed by atoms with E-state index in [4.69, 9.17) is 0 Å². The van der Waals surface area contributed by atoms with Crippen LogP contribution in [0.4, 0.5) is 0 Å². The van der Waals surface area contributed by atoms with Crippen LogP contribution in [0.2, 0.25) is 0 Å². The molecular formula is C20H18N2O5. The van der Waals surface area contributed by atoms with Gasteiger partial charge in [0, 0.05) is 22.1 Å². The van der Waals surface area contributed by atoms with Crippen LogP contribution in [0.25, 0.3) is 22.3 Å². The third-order valence-electron chi connectivity index (χ3n) is 5.24. The second-order valence-corrected chi connectivity index (χ2v) is 6.68. The lowest BCUT2D eigenvalue weighted by Gasteiger charge is -2.25. The Bertz CT molecular complexity index is 1150. The van der Waals surface area contributed by atoms with Gasteiger partial charge >= 0.3 is 5.97 Å². The highest BCUT2D eigenvalue weighted by molar-refractivity contribution is 5.85. The largest absolute Gasteiger partial charge is 0.479 e. The maximum atomic E-state index is 12.9. The van der Waals surface area contributed by atoms with Gasteiger partial charge in [0.15, 0.2) is 5.60 Å². The number of hydrogen-bond acceptors (Lipinski definition) is 5. The molecule has 1 aliphatic heterocycles. The van der Waals surface area contributed by atoms with Crippen LogP contribution in [0.1, 0.15) is 30.0 Å². The molecule has 4 rings (SSSR count). The molecule has 3 heterocycles. The van der Waals surface area contributed by atoms with E-state index in [2.05, 4.69) is 4.98 Å². The van der Waals surface area contributed by atoms with Crippen molar-refractivity contribution in [3.63, 3.8) is 0 Å². The number of fused-ring (bicyclic) bond motifs is 4. The fourth-order valence-electron chi connectivity index (χ4n) is 3.69. The molecule has 138 valence electrons. The molecule has 1 aliphatic rings. The van der Waals surface area contributed by atoms with E-state index in [9.17, 15) is 24.9 Å². The van der Waals surface area contributed by atoms with Crippen LogP contribution in [-0.2, 0) is 23.5 Å². The van der Waals surface area contributed by atoms with Gasteiger partial charge in [-0.3, -0.25) is 4.79 Å². The van der Waals surface area contributed by atoms with Crippen molar-refractivity contribution in [2.75, 3.05) is 0 Å². The number of hydrogen-bond donors (Lipinski definition) is 3. The van der Waals surface area contributed by atoms with Crippen LogP contribution in [0.5, 0.6) is 0 Å². The molecule has 0 unspecified atom stereocenters. The molecule has 27 heavy (non-hydrogen) atoms. The highest BCUT2D eigenvalue weighted by Crippen LogP contribution is 2.36. The van der Waals surface area contributed by atoms with Gasteiger partial charge in [-0.05, 0) is 24.6 Å². The molecule has 3 aromatic rings. The molecule has 0 amide bonds. The lowest BCUT2D eigenvalue weighted by molar-refractivity contribution is -0.160. The van der Waals surface area contributed by atoms with Gasteiger partial charge in [0.05, 0.1) is 30.1 Å². The zero-order chi connectivity index (χ0) is 19.3. The lowest BCUT2D eigenvalue weighted by Crippen LogP contribution is -2.39. The van der Waals surface area contributed by atoms with E-state index in [1.165, 1.54) is 17.6 Å². The fraction of sp³-hybridized carbons (Fsp3) is 0.250. The summed E-state index contributed by atoms with van der Waals surface area (Å²) < 4.78 is 1.46. The van der Waals surface area contributed by atoms with Crippen molar-refractivity contribution in [1.82, 2.24) is 9.55 Å². The van der Waals surface area contributed by atoms with Crippen molar-refractivity contribution in [1.29, 1.82) is 0 Å². The van der Waals surface area contributed by atoms with E-state index in [0.29, 0.717) is 11.4 Å². The van der Waals surface area contributed by atoms with Gasteiger partial charge in [0.2, 0.25) is 0 Å². The third-order valence-corrected chi connectivity index (χ3v) is 5.24. The van der Waals surface area contributed by atoms with E-state index in [1.807, 2.05) is 30.3 Å². The summed E-state index contributed by atoms with van der Waals surface area (Å²) in [5.74, 6) is -1.46. The number of carboxylic acid groups (broad SMARTS) is 1. The molecule has 1 atom stereocenters. The van der Waals surface area contributed by atoms with Crippen molar-refractivity contribution in [3.8, 4) is 11.4 Å². The quantitative estimate of drug-likeness (QED) is 0.506. The summed E-state index contributed by atoms with van der Waals surface area (Å²) in [4.78, 5) is 29.3. The van der Waals surface area contributed by atoms with Crippen LogP contribution in [0, 0.1) is 0 Å². The first-order valence-electron chi connectivity index (χ1n) is 8.63. The average molecular weight is 366 g/mol. The topological polar surface area (TPSA) is 113 Å². The SMILES string of the molecule is CC[C@@](O)(C(=O)O)c1cc2n(c(=O)c1CO)Cc1cc3ccccc3nc1-2. The normalized spacial score (nSPS) is 14.6. The van der Waals surface area contributed by atoms with Crippen molar-refractivity contribution >= 4 is 16.9 Å². The van der Waals surface area contributed by atoms with Crippen LogP contribution in [0.3, 0.4) is 0 Å². The molecule has 7 nitrogen and oxygen atoms in total. The Morgan fingerprint density at radius 2 is 2.04 bits per heavy atom. The number of para-hydroxylation sites is 1. The molecule has 0 saturated carbocycles. The molecular weight excluding hydrogens is 348 g/mol. The minimum absolute atomic E-state index is 0.0842. The first-order chi connectivity index (χ1) is 12.9. The van der Waals surface area contributed by atoms with Gasteiger partial charge in [-0.2, -0.15) is 0 Å². The predicted octanol–water partition coefficient (Wildman–Crippen LogP) is 1.60. The first-order valence-corrected chi connectivity index (χ1v) is 8.63. The number of rotatable bonds is 4. The number of carboxylic acids is 1. The number of pyridine rings is 2. The maximum absolute atomic E-state index is 12.9. The third kappa shape index (κ3) is 2.39. The van der Waals surface area contributed by atoms with E-state index < -0.39 is 23.7 Å². The Morgan fingerprint density at radius 1 is 1.30 bits per heavy atom. The molecule has 7 heteroatoms. The Balaban J connectivity index is 2.03. The van der Waals surface area contributed by atoms with Crippen molar-refractivity contribution in [2.24, 2.45) is 0 Å². The summed E-state index contributed by atoms with van der Waals surface area (Å²) in [5, 5.41) is 30.9. The standard InChI is InChI=1S/C20H18N2O5/c1-2-20(27,19(25)26)14-8-16-17-12(9-22(16)18(24)13(14)10-23)7-11-5-3-4-6-15(11)21-17/h3-8,23,27H,2,9-10H2,1H3,(H,25,26)/t20-/m0/s1. The van der Waals surface area contributed by atoms with Crippen LogP contribution in [0.15, 0.2) is 41.2 Å². The smallest absolute Gasteiger partial charge is 0.340 e. The number of benzene rings is 1. The first kappa shape index (κ1) is 17.4. The zero-order valence-corrected chi connectivity index (χ0v) is 14.6. The molecule has 0 aliphatic carbocycles. The number of aliphatic hydroxyl groups excluding tert-OH is 1. The monoisotopic (exact) mass is 366 g/mol. The second kappa shape index (κ2) is 6.00. The summed E-state index contributed by atoms with van der Waals surface area (Å²) in [5.41, 5.74) is -0.341. The van der Waals surface area contributed by atoms with Crippen molar-refractivity contribution in [2.45, 2.75) is 32.1 Å². The Hall–Kier alpha value is -3.03. The molecule has 0 saturated heterocycles. The maximum Gasteiger partial charge on any atom is 0.340 e. The van der Waals surface area contributed by atoms with E-state index in [0.717, 1.165) is 16.5 Å². The van der Waals surface area contributed by atoms with Crippen LogP contribution in [-0.4, -0.2) is 30.8 Å². The summed E-state index contributed by atoms with van der Waals surface area (Å²) in [6.07, 6.45) is -0.143. The van der Waals surface area contributed by atoms with E-state index in [1.54, 1.807) is 0 Å². The van der Waals surface area contributed by atoms with Crippen LogP contribution < -0.4 is 5.56 Å². The summed E-state index contributed by atoms with van der Waals surface area (Å²) >= 11 is 0. The van der Waals surface area contributed by atoms with Gasteiger partial charge in [0.1, 0.15) is 0 Å². The zero-order valence-electron chi connectivity index (χ0n) is 14.6. The van der Waals surface area contributed by atoms with Gasteiger partial charge in [-0.15, -0.1) is 0 Å². The predicted molar refractivity (Wildman–Crippen MR) is 98.3 cm³/mol. The molecule has 3 N–H and O–H groups in total. The summed E-state index contributed by atoms with van der Waals surface area (Å²) in [6, 6.07) is 11.0. The van der Waals surface area contributed by atoms with Crippen molar-refractivity contribution in [3.05, 3.63) is 63.4 Å². The second-order valence-electron chi connectivity index (χ2n) is 6.68. The van der Waals surface area contributed by atoms with Gasteiger partial charge < -0.3 is 19.9 Å². The Morgan fingerprint density at radius 3 is 2.70 bits per heavy atom. The minimum atomic E-state index is -2.26. The Kier molecular flexibility index (Phi) is 3.87. The molecule has 0 radical (unpaired) electrons. The summed E-state index contributed by atoms with van der Waals surface area (Å²) in [7, 11) is 0. The average Bonchev–Trinajstić information content (AvgIpc) is 3.03. The van der Waals surface area contributed by atoms with E-state index >= 15 is 0 Å². The Labute approximate surface area is 154 Å². The molecule has 0 spiro atoms. The minimum Gasteiger partial charge on any atom is -0.479 e. The highest BCUT2D eigenvalue weighted by atomic mass is 16.4. The molecule has 0 fully saturated rings. The number of carbonyl (C=O) groups is 1. The molecule has 1 aromatic carbocycles. The number of nitrogens with zero attached hydrogens (tertiary/aromatic N) is 2. The number of aromatic nitrogens is 2. The summed E-state index contributed by atoms with van der Waals surface area (Å²) in [6.45, 7) is 1.14. The molecule has 0 bridgehead atoms. The van der Waals surface area contributed by atoms with Gasteiger partial charge in [0.25, 0.3) is 5.56 Å².